The van der Waals surface area contributed by atoms with Gasteiger partial charge in [0.1, 0.15) is 23.4 Å². The lowest BCUT2D eigenvalue weighted by molar-refractivity contribution is -0.129. The summed E-state index contributed by atoms with van der Waals surface area (Å²) >= 11 is 1.29. The first-order valence-corrected chi connectivity index (χ1v) is 14.9. The summed E-state index contributed by atoms with van der Waals surface area (Å²) in [6.45, 7) is 5.98. The normalized spacial score (nSPS) is 11.9. The molecule has 224 valence electrons. The highest BCUT2D eigenvalue weighted by Crippen LogP contribution is 2.40. The number of alkyl carbamates (subject to hydrolysis) is 1. The molecule has 0 saturated carbocycles. The van der Waals surface area contributed by atoms with Crippen LogP contribution in [0.2, 0.25) is 0 Å². The van der Waals surface area contributed by atoms with Crippen molar-refractivity contribution < 1.29 is 24.3 Å². The molecule has 1 amide bonds. The number of hydrogen-bond donors (Lipinski definition) is 3. The molecule has 0 radical (unpaired) electrons. The third kappa shape index (κ3) is 8.42. The molecule has 0 saturated heterocycles. The van der Waals surface area contributed by atoms with Crippen molar-refractivity contribution in [2.45, 2.75) is 44.8 Å². The van der Waals surface area contributed by atoms with E-state index in [1.54, 1.807) is 26.2 Å². The zero-order chi connectivity index (χ0) is 30.7. The van der Waals surface area contributed by atoms with Gasteiger partial charge in [-0.1, -0.05) is 96.2 Å². The molecule has 0 bridgehead atoms. The lowest BCUT2D eigenvalue weighted by Crippen LogP contribution is -2.38. The number of carboxylic acid groups (broad SMARTS) is 1. The number of benzene rings is 3. The number of nitrogens with one attached hydrogen (secondary N) is 2. The number of aliphatic carboxylic acids is 1. The molecule has 3 aromatic carbocycles. The second kappa shape index (κ2) is 14.5. The number of ether oxygens (including phenoxy) is 1. The summed E-state index contributed by atoms with van der Waals surface area (Å²) in [4.78, 5) is 33.8. The highest BCUT2D eigenvalue weighted by atomic mass is 32.1. The minimum Gasteiger partial charge on any atom is -0.476 e. The first-order valence-electron chi connectivity index (χ1n) is 14.0. The summed E-state index contributed by atoms with van der Waals surface area (Å²) in [6, 6.07) is 30.2. The smallest absolute Gasteiger partial charge is 0.407 e. The number of amides is 1. The predicted octanol–water partition coefficient (Wildman–Crippen LogP) is 6.66. The van der Waals surface area contributed by atoms with Crippen molar-refractivity contribution >= 4 is 34.2 Å². The maximum Gasteiger partial charge on any atom is 0.407 e. The molecular weight excluding hydrogens is 564 g/mol. The summed E-state index contributed by atoms with van der Waals surface area (Å²) in [6.07, 6.45) is 0.690. The second-order valence-electron chi connectivity index (χ2n) is 10.7. The summed E-state index contributed by atoms with van der Waals surface area (Å²) in [7, 11) is 0. The Balaban J connectivity index is 1.51. The van der Waals surface area contributed by atoms with Crippen LogP contribution in [0.4, 0.5) is 9.93 Å². The van der Waals surface area contributed by atoms with E-state index < -0.39 is 23.2 Å². The van der Waals surface area contributed by atoms with Crippen LogP contribution in [0.5, 0.6) is 0 Å². The Labute approximate surface area is 255 Å². The second-order valence-corrected chi connectivity index (χ2v) is 11.6. The highest BCUT2D eigenvalue weighted by molar-refractivity contribution is 7.14. The van der Waals surface area contributed by atoms with Crippen molar-refractivity contribution in [2.75, 3.05) is 18.5 Å². The monoisotopic (exact) mass is 600 g/mol. The third-order valence-electron chi connectivity index (χ3n) is 6.35. The number of anilines is 1. The number of carbonyl (C=O) groups is 2. The van der Waals surface area contributed by atoms with Crippen LogP contribution < -0.4 is 10.6 Å². The van der Waals surface area contributed by atoms with Crippen LogP contribution in [-0.2, 0) is 19.9 Å². The average Bonchev–Trinajstić information content (AvgIpc) is 3.45. The third-order valence-corrected chi connectivity index (χ3v) is 7.11. The molecule has 0 fully saturated rings. The molecule has 1 heterocycles. The Bertz CT molecular complexity index is 1410. The van der Waals surface area contributed by atoms with Gasteiger partial charge in [0.15, 0.2) is 5.13 Å². The number of carbonyl (C=O) groups excluding carboxylic acids is 1. The predicted molar refractivity (Wildman–Crippen MR) is 169 cm³/mol. The van der Waals surface area contributed by atoms with E-state index in [0.29, 0.717) is 24.5 Å². The van der Waals surface area contributed by atoms with Crippen LogP contribution in [-0.4, -0.2) is 46.6 Å². The largest absolute Gasteiger partial charge is 0.476 e. The van der Waals surface area contributed by atoms with E-state index in [1.165, 1.54) is 11.3 Å². The van der Waals surface area contributed by atoms with Crippen LogP contribution in [0.25, 0.3) is 0 Å². The summed E-state index contributed by atoms with van der Waals surface area (Å²) in [5.74, 6) is -1.25. The number of hydrogen-bond acceptors (Lipinski definition) is 8. The van der Waals surface area contributed by atoms with Crippen LogP contribution in [0.1, 0.15) is 56.0 Å². The zero-order valence-electron chi connectivity index (χ0n) is 24.4. The minimum absolute atomic E-state index is 0.182. The molecule has 4 aromatic rings. The number of rotatable bonds is 13. The number of nitrogens with zero attached hydrogens (tertiary/aromatic N) is 2. The molecular formula is C33H36N4O5S. The molecule has 0 atom stereocenters. The number of unbranched alkanes of at least 4 members (excludes halogenated alkanes) is 1. The van der Waals surface area contributed by atoms with E-state index in [-0.39, 0.29) is 18.0 Å². The molecule has 3 N–H and O–H groups in total. The van der Waals surface area contributed by atoms with Crippen molar-refractivity contribution in [1.29, 1.82) is 0 Å². The highest BCUT2D eigenvalue weighted by Gasteiger charge is 2.37. The van der Waals surface area contributed by atoms with Crippen LogP contribution in [0.3, 0.4) is 0 Å². The Morgan fingerprint density at radius 3 is 1.88 bits per heavy atom. The Morgan fingerprint density at radius 2 is 1.40 bits per heavy atom. The van der Waals surface area contributed by atoms with Gasteiger partial charge in [0, 0.05) is 11.9 Å². The van der Waals surface area contributed by atoms with Crippen molar-refractivity contribution in [3.63, 3.8) is 0 Å². The number of thiazole rings is 1. The van der Waals surface area contributed by atoms with E-state index in [2.05, 4.69) is 57.2 Å². The molecule has 0 aliphatic rings. The summed E-state index contributed by atoms with van der Waals surface area (Å²) < 4.78 is 5.20. The average molecular weight is 601 g/mol. The van der Waals surface area contributed by atoms with Gasteiger partial charge >= 0.3 is 12.1 Å². The Hall–Kier alpha value is -4.70. The lowest BCUT2D eigenvalue weighted by Gasteiger charge is -2.36. The van der Waals surface area contributed by atoms with Crippen molar-refractivity contribution in [3.8, 4) is 0 Å². The Morgan fingerprint density at radius 1 is 0.860 bits per heavy atom. The van der Waals surface area contributed by atoms with Gasteiger partial charge in [-0.05, 0) is 50.3 Å². The molecule has 1 aromatic heterocycles. The van der Waals surface area contributed by atoms with Gasteiger partial charge in [-0.25, -0.2) is 14.6 Å². The number of aromatic nitrogens is 1. The van der Waals surface area contributed by atoms with Gasteiger partial charge in [0.25, 0.3) is 0 Å². The van der Waals surface area contributed by atoms with Gasteiger partial charge in [-0.15, -0.1) is 11.3 Å². The number of oxime groups is 1. The summed E-state index contributed by atoms with van der Waals surface area (Å²) in [5.41, 5.74) is 1.54. The van der Waals surface area contributed by atoms with Gasteiger partial charge in [0.05, 0.1) is 0 Å². The van der Waals surface area contributed by atoms with Gasteiger partial charge in [-0.2, -0.15) is 0 Å². The molecule has 0 unspecified atom stereocenters. The van der Waals surface area contributed by atoms with Gasteiger partial charge in [0.2, 0.25) is 5.71 Å². The van der Waals surface area contributed by atoms with Gasteiger partial charge in [-0.3, -0.25) is 0 Å². The van der Waals surface area contributed by atoms with E-state index in [4.69, 9.17) is 9.57 Å². The topological polar surface area (TPSA) is 122 Å². The molecule has 0 aliphatic heterocycles. The van der Waals surface area contributed by atoms with E-state index in [1.807, 2.05) is 54.6 Å². The fourth-order valence-electron chi connectivity index (χ4n) is 4.48. The van der Waals surface area contributed by atoms with E-state index >= 15 is 0 Å². The molecule has 43 heavy (non-hydrogen) atoms. The molecule has 0 spiro atoms. The molecule has 9 nitrogen and oxygen atoms in total. The van der Waals surface area contributed by atoms with E-state index in [9.17, 15) is 14.7 Å². The zero-order valence-corrected chi connectivity index (χ0v) is 25.3. The SMILES string of the molecule is CC(C)(C)OC(=O)NCCCCO/N=C(/C(=O)O)c1csc(NC(c2ccccc2)(c2ccccc2)c2ccccc2)n1. The van der Waals surface area contributed by atoms with Crippen molar-refractivity contribution in [1.82, 2.24) is 10.3 Å². The fraction of sp³-hybridized carbons (Fsp3) is 0.273. The Kier molecular flexibility index (Phi) is 10.5. The molecule has 0 aliphatic carbocycles. The summed E-state index contributed by atoms with van der Waals surface area (Å²) in [5, 5.41) is 22.2. The first-order chi connectivity index (χ1) is 20.7. The fourth-order valence-corrected chi connectivity index (χ4v) is 5.23. The van der Waals surface area contributed by atoms with Crippen LogP contribution >= 0.6 is 11.3 Å². The van der Waals surface area contributed by atoms with Crippen LogP contribution in [0.15, 0.2) is 102 Å². The standard InChI is InChI=1S/C33H36N4O5S/c1-32(2,3)42-31(40)34-21-13-14-22-41-37-28(29(38)39)27-23-43-30(35-27)36-33(24-15-7-4-8-16-24,25-17-9-5-10-18-25)26-19-11-6-12-20-26/h4-12,15-20,23H,13-14,21-22H2,1-3H3,(H,34,40)(H,35,36)(H,38,39)/b37-28+. The maximum atomic E-state index is 12.1. The maximum absolute atomic E-state index is 12.1. The van der Waals surface area contributed by atoms with Crippen molar-refractivity contribution in [2.24, 2.45) is 5.16 Å². The lowest BCUT2D eigenvalue weighted by atomic mass is 9.77. The van der Waals surface area contributed by atoms with Gasteiger partial charge < -0.3 is 25.3 Å². The quantitative estimate of drug-likeness (QED) is 0.0679. The number of carboxylic acids is 1. The van der Waals surface area contributed by atoms with Crippen LogP contribution in [0, 0.1) is 0 Å². The minimum atomic E-state index is -1.25. The molecule has 4 rings (SSSR count). The molecule has 10 heteroatoms. The van der Waals surface area contributed by atoms with E-state index in [0.717, 1.165) is 16.7 Å². The van der Waals surface area contributed by atoms with Crippen molar-refractivity contribution in [3.05, 3.63) is 119 Å². The first kappa shape index (κ1) is 31.2.